The fourth-order valence-electron chi connectivity index (χ4n) is 4.52. The third-order valence-corrected chi connectivity index (χ3v) is 7.51. The molecule has 0 saturated heterocycles. The number of aromatic nitrogens is 3. The minimum Gasteiger partial charge on any atom is -0.496 e. The number of pyridine rings is 1. The summed E-state index contributed by atoms with van der Waals surface area (Å²) in [5, 5.41) is 0. The number of thiophene rings is 1. The van der Waals surface area contributed by atoms with Crippen molar-refractivity contribution in [3.63, 3.8) is 0 Å². The van der Waals surface area contributed by atoms with Crippen LogP contribution < -0.4 is 16.2 Å². The highest BCUT2D eigenvalue weighted by molar-refractivity contribution is 7.19. The van der Waals surface area contributed by atoms with Gasteiger partial charge in [-0.2, -0.15) is 0 Å². The highest BCUT2D eigenvalue weighted by Crippen LogP contribution is 2.44. The van der Waals surface area contributed by atoms with Crippen LogP contribution in [0.15, 0.2) is 73.1 Å². The van der Waals surface area contributed by atoms with E-state index in [0.29, 0.717) is 12.2 Å². The molecular weight excluding hydrogens is 466 g/mol. The Morgan fingerprint density at radius 1 is 0.944 bits per heavy atom. The molecule has 5 aromatic rings. The molecule has 0 aliphatic carbocycles. The second kappa shape index (κ2) is 10.1. The van der Waals surface area contributed by atoms with Crippen LogP contribution in [-0.4, -0.2) is 28.1 Å². The van der Waals surface area contributed by atoms with Gasteiger partial charge in [0.25, 0.3) is 0 Å². The SMILES string of the molecule is COc1ccc(C)cc1-c1c(C)sc2c(C(N)C(N)Cc3ccccc3)nc(-c3ccncc3)nc12. The van der Waals surface area contributed by atoms with Crippen molar-refractivity contribution < 1.29 is 4.74 Å². The van der Waals surface area contributed by atoms with E-state index in [0.717, 1.165) is 54.4 Å². The first kappa shape index (κ1) is 24.1. The molecule has 2 unspecified atom stereocenters. The predicted molar refractivity (Wildman–Crippen MR) is 147 cm³/mol. The van der Waals surface area contributed by atoms with Gasteiger partial charge in [-0.1, -0.05) is 42.0 Å². The Bertz CT molecular complexity index is 1500. The Morgan fingerprint density at radius 3 is 2.42 bits per heavy atom. The van der Waals surface area contributed by atoms with Crippen LogP contribution in [0.4, 0.5) is 0 Å². The lowest BCUT2D eigenvalue weighted by atomic mass is 9.97. The molecule has 36 heavy (non-hydrogen) atoms. The number of methoxy groups -OCH3 is 1. The highest BCUT2D eigenvalue weighted by atomic mass is 32.1. The Morgan fingerprint density at radius 2 is 1.69 bits per heavy atom. The van der Waals surface area contributed by atoms with Crippen LogP contribution in [-0.2, 0) is 6.42 Å². The number of rotatable bonds is 7. The standard InChI is InChI=1S/C29H29N5OS/c1-17-9-10-23(35-3)21(15-17)24-18(2)36-28-26(24)33-29(20-11-13-32-14-12-20)34-27(28)25(31)22(30)16-19-7-5-4-6-8-19/h4-15,22,25H,16,30-31H2,1-3H3. The van der Waals surface area contributed by atoms with E-state index >= 15 is 0 Å². The molecule has 0 bridgehead atoms. The third kappa shape index (κ3) is 4.60. The Hall–Kier alpha value is -3.65. The molecule has 5 rings (SSSR count). The van der Waals surface area contributed by atoms with Gasteiger partial charge in [-0.15, -0.1) is 11.3 Å². The van der Waals surface area contributed by atoms with E-state index in [9.17, 15) is 0 Å². The first-order valence-corrected chi connectivity index (χ1v) is 12.7. The van der Waals surface area contributed by atoms with Gasteiger partial charge in [0.05, 0.1) is 29.1 Å². The zero-order valence-corrected chi connectivity index (χ0v) is 21.4. The van der Waals surface area contributed by atoms with Gasteiger partial charge in [-0.3, -0.25) is 4.98 Å². The Labute approximate surface area is 215 Å². The van der Waals surface area contributed by atoms with Gasteiger partial charge in [0.15, 0.2) is 5.82 Å². The molecule has 0 saturated carbocycles. The molecule has 0 amide bonds. The maximum Gasteiger partial charge on any atom is 0.160 e. The van der Waals surface area contributed by atoms with Gasteiger partial charge in [-0.05, 0) is 50.1 Å². The van der Waals surface area contributed by atoms with E-state index in [1.165, 1.54) is 0 Å². The van der Waals surface area contributed by atoms with E-state index < -0.39 is 6.04 Å². The topological polar surface area (TPSA) is 99.9 Å². The lowest BCUT2D eigenvalue weighted by Gasteiger charge is -2.21. The third-order valence-electron chi connectivity index (χ3n) is 6.39. The Balaban J connectivity index is 1.71. The summed E-state index contributed by atoms with van der Waals surface area (Å²) in [4.78, 5) is 15.3. The van der Waals surface area contributed by atoms with Crippen LogP contribution in [0, 0.1) is 13.8 Å². The van der Waals surface area contributed by atoms with Crippen LogP contribution in [0.5, 0.6) is 5.75 Å². The van der Waals surface area contributed by atoms with Crippen molar-refractivity contribution in [1.82, 2.24) is 15.0 Å². The van der Waals surface area contributed by atoms with Crippen molar-refractivity contribution in [3.05, 3.63) is 94.8 Å². The quantitative estimate of drug-likeness (QED) is 0.304. The van der Waals surface area contributed by atoms with Gasteiger partial charge in [-0.25, -0.2) is 9.97 Å². The molecule has 0 spiro atoms. The number of nitrogens with zero attached hydrogens (tertiary/aromatic N) is 3. The maximum atomic E-state index is 6.83. The maximum absolute atomic E-state index is 6.83. The largest absolute Gasteiger partial charge is 0.496 e. The molecule has 0 fully saturated rings. The molecule has 4 N–H and O–H groups in total. The summed E-state index contributed by atoms with van der Waals surface area (Å²) in [6.45, 7) is 4.18. The average molecular weight is 496 g/mol. The van der Waals surface area contributed by atoms with E-state index in [-0.39, 0.29) is 6.04 Å². The molecule has 0 radical (unpaired) electrons. The number of fused-ring (bicyclic) bond motifs is 1. The summed E-state index contributed by atoms with van der Waals surface area (Å²) in [6, 6.07) is 19.4. The first-order chi connectivity index (χ1) is 17.5. The summed E-state index contributed by atoms with van der Waals surface area (Å²) in [5.41, 5.74) is 20.4. The molecule has 6 nitrogen and oxygen atoms in total. The highest BCUT2D eigenvalue weighted by Gasteiger charge is 2.26. The average Bonchev–Trinajstić information content (AvgIpc) is 3.24. The molecule has 7 heteroatoms. The molecular formula is C29H29N5OS. The van der Waals surface area contributed by atoms with Crippen molar-refractivity contribution >= 4 is 21.6 Å². The zero-order valence-electron chi connectivity index (χ0n) is 20.6. The zero-order chi connectivity index (χ0) is 25.2. The predicted octanol–water partition coefficient (Wildman–Crippen LogP) is 5.62. The van der Waals surface area contributed by atoms with E-state index in [4.69, 9.17) is 26.2 Å². The summed E-state index contributed by atoms with van der Waals surface area (Å²) >= 11 is 1.65. The number of nitrogens with two attached hydrogens (primary N) is 2. The summed E-state index contributed by atoms with van der Waals surface area (Å²) in [7, 11) is 1.69. The van der Waals surface area contributed by atoms with Crippen molar-refractivity contribution in [1.29, 1.82) is 0 Å². The van der Waals surface area contributed by atoms with Crippen LogP contribution in [0.2, 0.25) is 0 Å². The van der Waals surface area contributed by atoms with E-state index in [1.54, 1.807) is 30.8 Å². The second-order valence-electron chi connectivity index (χ2n) is 8.96. The van der Waals surface area contributed by atoms with E-state index in [2.05, 4.69) is 37.0 Å². The minimum absolute atomic E-state index is 0.310. The minimum atomic E-state index is -0.471. The van der Waals surface area contributed by atoms with Crippen LogP contribution >= 0.6 is 11.3 Å². The van der Waals surface area contributed by atoms with Crippen LogP contribution in [0.1, 0.15) is 27.7 Å². The van der Waals surface area contributed by atoms with Crippen molar-refractivity contribution in [3.8, 4) is 28.3 Å². The van der Waals surface area contributed by atoms with Gasteiger partial charge < -0.3 is 16.2 Å². The fourth-order valence-corrected chi connectivity index (χ4v) is 5.66. The van der Waals surface area contributed by atoms with Crippen molar-refractivity contribution in [2.75, 3.05) is 7.11 Å². The molecule has 2 aromatic carbocycles. The number of ether oxygens (including phenoxy) is 1. The molecule has 182 valence electrons. The van der Waals surface area contributed by atoms with Crippen molar-refractivity contribution in [2.45, 2.75) is 32.4 Å². The number of benzene rings is 2. The van der Waals surface area contributed by atoms with Crippen LogP contribution in [0.25, 0.3) is 32.7 Å². The summed E-state index contributed by atoms with van der Waals surface area (Å²) in [6.07, 6.45) is 4.14. The van der Waals surface area contributed by atoms with Gasteiger partial charge in [0.1, 0.15) is 5.75 Å². The van der Waals surface area contributed by atoms with Crippen molar-refractivity contribution in [2.24, 2.45) is 11.5 Å². The van der Waals surface area contributed by atoms with E-state index in [1.807, 2.05) is 42.5 Å². The van der Waals surface area contributed by atoms with Gasteiger partial charge in [0.2, 0.25) is 0 Å². The molecule has 0 aliphatic heterocycles. The summed E-state index contributed by atoms with van der Waals surface area (Å²) < 4.78 is 6.69. The number of aryl methyl sites for hydroxylation is 2. The molecule has 2 atom stereocenters. The lowest BCUT2D eigenvalue weighted by Crippen LogP contribution is -2.36. The monoisotopic (exact) mass is 495 g/mol. The molecule has 3 heterocycles. The summed E-state index contributed by atoms with van der Waals surface area (Å²) in [5.74, 6) is 1.41. The molecule has 3 aromatic heterocycles. The van der Waals surface area contributed by atoms with Gasteiger partial charge >= 0.3 is 0 Å². The number of hydrogen-bond acceptors (Lipinski definition) is 7. The first-order valence-electron chi connectivity index (χ1n) is 11.9. The fraction of sp³-hybridized carbons (Fsp3) is 0.207. The van der Waals surface area contributed by atoms with Crippen LogP contribution in [0.3, 0.4) is 0 Å². The normalized spacial score (nSPS) is 13.0. The lowest BCUT2D eigenvalue weighted by molar-refractivity contribution is 0.416. The smallest absolute Gasteiger partial charge is 0.160 e. The number of hydrogen-bond donors (Lipinski definition) is 2. The Kier molecular flexibility index (Phi) is 6.78. The second-order valence-corrected chi connectivity index (χ2v) is 10.2. The molecule has 0 aliphatic rings. The van der Waals surface area contributed by atoms with Gasteiger partial charge in [0, 0.05) is 40.0 Å².